The van der Waals surface area contributed by atoms with Crippen LogP contribution in [0.2, 0.25) is 0 Å². The Labute approximate surface area is 93.4 Å². The molecule has 0 aliphatic carbocycles. The SMILES string of the molecule is C[C@@H](/C=C/I)CCCc1ccoc1. The van der Waals surface area contributed by atoms with Crippen LogP contribution in [0.3, 0.4) is 0 Å². The van der Waals surface area contributed by atoms with Gasteiger partial charge in [-0.25, -0.2) is 0 Å². The van der Waals surface area contributed by atoms with Gasteiger partial charge in [-0.3, -0.25) is 0 Å². The highest BCUT2D eigenvalue weighted by atomic mass is 127. The first kappa shape index (κ1) is 10.8. The Hall–Kier alpha value is -0.250. The van der Waals surface area contributed by atoms with Crippen molar-refractivity contribution in [3.63, 3.8) is 0 Å². The van der Waals surface area contributed by atoms with Crippen LogP contribution >= 0.6 is 22.6 Å². The van der Waals surface area contributed by atoms with Crippen LogP contribution in [-0.4, -0.2) is 0 Å². The van der Waals surface area contributed by atoms with E-state index in [1.807, 2.05) is 12.3 Å². The number of halogens is 1. The minimum absolute atomic E-state index is 0.698. The van der Waals surface area contributed by atoms with E-state index in [0.717, 1.165) is 6.42 Å². The summed E-state index contributed by atoms with van der Waals surface area (Å²) in [6.45, 7) is 2.25. The summed E-state index contributed by atoms with van der Waals surface area (Å²) in [5.74, 6) is 0.698. The second-order valence-corrected chi connectivity index (χ2v) is 4.04. The number of hydrogen-bond acceptors (Lipinski definition) is 1. The van der Waals surface area contributed by atoms with Crippen LogP contribution in [0.4, 0.5) is 0 Å². The number of furan rings is 1. The third-order valence-corrected chi connectivity index (χ3v) is 2.52. The Balaban J connectivity index is 2.14. The van der Waals surface area contributed by atoms with Gasteiger partial charge in [-0.05, 0) is 40.9 Å². The standard InChI is InChI=1S/C11H15IO/c1-10(5-7-12)3-2-4-11-6-8-13-9-11/h5-10H,2-4H2,1H3/b7-5+/t10-/m1/s1. The van der Waals surface area contributed by atoms with Gasteiger partial charge < -0.3 is 4.42 Å². The van der Waals surface area contributed by atoms with Crippen molar-refractivity contribution in [1.82, 2.24) is 0 Å². The smallest absolute Gasteiger partial charge is 0.0934 e. The van der Waals surface area contributed by atoms with Crippen LogP contribution in [0, 0.1) is 5.92 Å². The molecule has 1 aromatic rings. The molecule has 0 amide bonds. The van der Waals surface area contributed by atoms with E-state index in [9.17, 15) is 0 Å². The van der Waals surface area contributed by atoms with Crippen molar-refractivity contribution in [2.75, 3.05) is 0 Å². The van der Waals surface area contributed by atoms with Gasteiger partial charge in [-0.15, -0.1) is 0 Å². The highest BCUT2D eigenvalue weighted by molar-refractivity contribution is 14.1. The minimum Gasteiger partial charge on any atom is -0.472 e. The molecule has 0 N–H and O–H groups in total. The van der Waals surface area contributed by atoms with Crippen LogP contribution < -0.4 is 0 Å². The molecule has 72 valence electrons. The van der Waals surface area contributed by atoms with Crippen LogP contribution in [0.1, 0.15) is 25.3 Å². The largest absolute Gasteiger partial charge is 0.472 e. The molecule has 0 bridgehead atoms. The molecule has 0 saturated carbocycles. The lowest BCUT2D eigenvalue weighted by molar-refractivity contribution is 0.559. The predicted octanol–water partition coefficient (Wildman–Crippen LogP) is 4.19. The number of hydrogen-bond donors (Lipinski definition) is 0. The second kappa shape index (κ2) is 6.24. The van der Waals surface area contributed by atoms with Crippen LogP contribution in [0.25, 0.3) is 0 Å². The van der Waals surface area contributed by atoms with Crippen LogP contribution in [0.5, 0.6) is 0 Å². The average Bonchev–Trinajstić information content (AvgIpc) is 2.57. The molecule has 0 saturated heterocycles. The lowest BCUT2D eigenvalue weighted by Gasteiger charge is -2.03. The van der Waals surface area contributed by atoms with Crippen LogP contribution in [-0.2, 0) is 6.42 Å². The third-order valence-electron chi connectivity index (χ3n) is 2.11. The lowest BCUT2D eigenvalue weighted by atomic mass is 10.0. The second-order valence-electron chi connectivity index (χ2n) is 3.32. The first-order chi connectivity index (χ1) is 6.33. The summed E-state index contributed by atoms with van der Waals surface area (Å²) in [5, 5.41) is 0. The zero-order valence-corrected chi connectivity index (χ0v) is 10.0. The van der Waals surface area contributed by atoms with E-state index in [1.165, 1.54) is 18.4 Å². The molecule has 0 spiro atoms. The summed E-state index contributed by atoms with van der Waals surface area (Å²) in [6, 6.07) is 2.04. The number of allylic oxidation sites excluding steroid dienone is 1. The molecule has 1 heterocycles. The quantitative estimate of drug-likeness (QED) is 0.741. The van der Waals surface area contributed by atoms with Crippen molar-refractivity contribution in [2.24, 2.45) is 5.92 Å². The fourth-order valence-corrected chi connectivity index (χ4v) is 1.99. The van der Waals surface area contributed by atoms with E-state index >= 15 is 0 Å². The van der Waals surface area contributed by atoms with Gasteiger partial charge in [0.1, 0.15) is 0 Å². The van der Waals surface area contributed by atoms with Gasteiger partial charge in [0, 0.05) is 0 Å². The van der Waals surface area contributed by atoms with Gasteiger partial charge in [0.05, 0.1) is 12.5 Å². The van der Waals surface area contributed by atoms with Gasteiger partial charge in [0.25, 0.3) is 0 Å². The zero-order chi connectivity index (χ0) is 9.52. The average molecular weight is 290 g/mol. The third kappa shape index (κ3) is 4.50. The zero-order valence-electron chi connectivity index (χ0n) is 7.87. The summed E-state index contributed by atoms with van der Waals surface area (Å²) >= 11 is 2.27. The summed E-state index contributed by atoms with van der Waals surface area (Å²) in [7, 11) is 0. The molecule has 0 radical (unpaired) electrons. The van der Waals surface area contributed by atoms with E-state index in [2.05, 4.69) is 39.7 Å². The molecule has 0 aromatic carbocycles. The highest BCUT2D eigenvalue weighted by Gasteiger charge is 1.98. The summed E-state index contributed by atoms with van der Waals surface area (Å²) in [5.41, 5.74) is 1.31. The maximum Gasteiger partial charge on any atom is 0.0934 e. The highest BCUT2D eigenvalue weighted by Crippen LogP contribution is 2.12. The lowest BCUT2D eigenvalue weighted by Crippen LogP contribution is -1.91. The molecule has 2 heteroatoms. The molecular weight excluding hydrogens is 275 g/mol. The Morgan fingerprint density at radius 3 is 3.08 bits per heavy atom. The fraction of sp³-hybridized carbons (Fsp3) is 0.455. The maximum atomic E-state index is 5.00. The van der Waals surface area contributed by atoms with E-state index < -0.39 is 0 Å². The fourth-order valence-electron chi connectivity index (χ4n) is 1.28. The summed E-state index contributed by atoms with van der Waals surface area (Å²) < 4.78 is 7.10. The van der Waals surface area contributed by atoms with Crippen LogP contribution in [0.15, 0.2) is 33.2 Å². The summed E-state index contributed by atoms with van der Waals surface area (Å²) in [4.78, 5) is 0. The van der Waals surface area contributed by atoms with Gasteiger partial charge in [-0.2, -0.15) is 0 Å². The first-order valence-electron chi connectivity index (χ1n) is 4.61. The van der Waals surface area contributed by atoms with E-state index in [-0.39, 0.29) is 0 Å². The van der Waals surface area contributed by atoms with Crippen molar-refractivity contribution < 1.29 is 4.42 Å². The summed E-state index contributed by atoms with van der Waals surface area (Å²) in [6.07, 6.45) is 9.44. The normalized spacial score (nSPS) is 13.7. The monoisotopic (exact) mass is 290 g/mol. The Morgan fingerprint density at radius 2 is 2.46 bits per heavy atom. The van der Waals surface area contributed by atoms with Gasteiger partial charge in [0.15, 0.2) is 0 Å². The van der Waals surface area contributed by atoms with Crippen molar-refractivity contribution in [1.29, 1.82) is 0 Å². The van der Waals surface area contributed by atoms with Crippen molar-refractivity contribution in [2.45, 2.75) is 26.2 Å². The minimum atomic E-state index is 0.698. The molecule has 0 aliphatic heterocycles. The van der Waals surface area contributed by atoms with Crippen molar-refractivity contribution in [3.8, 4) is 0 Å². The van der Waals surface area contributed by atoms with Crippen molar-refractivity contribution >= 4 is 22.6 Å². The maximum absolute atomic E-state index is 5.00. The molecule has 0 aliphatic rings. The Kier molecular flexibility index (Phi) is 5.20. The topological polar surface area (TPSA) is 13.1 Å². The van der Waals surface area contributed by atoms with E-state index in [1.54, 1.807) is 6.26 Å². The van der Waals surface area contributed by atoms with Gasteiger partial charge in [-0.1, -0.05) is 35.6 Å². The predicted molar refractivity (Wildman–Crippen MR) is 64.0 cm³/mol. The first-order valence-corrected chi connectivity index (χ1v) is 5.85. The van der Waals surface area contributed by atoms with Gasteiger partial charge in [0.2, 0.25) is 0 Å². The van der Waals surface area contributed by atoms with Crippen molar-refractivity contribution in [3.05, 3.63) is 34.3 Å². The molecule has 0 unspecified atom stereocenters. The molecular formula is C11H15IO. The molecule has 1 nitrogen and oxygen atoms in total. The Bertz CT molecular complexity index is 239. The molecule has 13 heavy (non-hydrogen) atoms. The van der Waals surface area contributed by atoms with E-state index in [0.29, 0.717) is 5.92 Å². The molecule has 1 rings (SSSR count). The molecule has 1 aromatic heterocycles. The number of rotatable bonds is 5. The molecule has 1 atom stereocenters. The number of aryl methyl sites for hydroxylation is 1. The van der Waals surface area contributed by atoms with E-state index in [4.69, 9.17) is 4.42 Å². The molecule has 0 fully saturated rings. The Morgan fingerprint density at radius 1 is 1.62 bits per heavy atom. The van der Waals surface area contributed by atoms with Gasteiger partial charge >= 0.3 is 0 Å².